The topological polar surface area (TPSA) is 50.4 Å². The molecule has 0 saturated carbocycles. The summed E-state index contributed by atoms with van der Waals surface area (Å²) in [6.07, 6.45) is 18.0. The molecular weight excluding hydrogens is 372 g/mol. The smallest absolute Gasteiger partial charge is 0.330 e. The van der Waals surface area contributed by atoms with Crippen molar-refractivity contribution in [3.8, 4) is 0 Å². The highest BCUT2D eigenvalue weighted by atomic mass is 16.5. The molecule has 4 nitrogen and oxygen atoms in total. The van der Waals surface area contributed by atoms with Gasteiger partial charge in [0.15, 0.2) is 0 Å². The van der Waals surface area contributed by atoms with Crippen LogP contribution in [0.3, 0.4) is 0 Å². The van der Waals surface area contributed by atoms with Gasteiger partial charge in [-0.3, -0.25) is 0 Å². The molecule has 1 fully saturated rings. The summed E-state index contributed by atoms with van der Waals surface area (Å²) in [7, 11) is 0. The van der Waals surface area contributed by atoms with Gasteiger partial charge in [0, 0.05) is 18.5 Å². The van der Waals surface area contributed by atoms with Crippen LogP contribution in [0, 0.1) is 12.8 Å². The third-order valence-electron chi connectivity index (χ3n) is 5.87. The van der Waals surface area contributed by atoms with E-state index in [1.54, 1.807) is 0 Å². The van der Waals surface area contributed by atoms with E-state index in [1.807, 2.05) is 25.3 Å². The summed E-state index contributed by atoms with van der Waals surface area (Å²) in [5.41, 5.74) is 5.12. The maximum atomic E-state index is 11.7. The number of carbonyl (C=O) groups excluding carboxylic acids is 1. The van der Waals surface area contributed by atoms with E-state index in [2.05, 4.69) is 54.1 Å². The lowest BCUT2D eigenvalue weighted by Crippen LogP contribution is -2.31. The fourth-order valence-corrected chi connectivity index (χ4v) is 4.37. The van der Waals surface area contributed by atoms with E-state index in [4.69, 9.17) is 4.74 Å². The predicted octanol–water partition coefficient (Wildman–Crippen LogP) is 4.99. The highest BCUT2D eigenvalue weighted by Gasteiger charge is 2.26. The predicted molar refractivity (Wildman–Crippen MR) is 124 cm³/mol. The Morgan fingerprint density at radius 3 is 2.87 bits per heavy atom. The molecule has 0 amide bonds. The number of esters is 1. The minimum absolute atomic E-state index is 0.288. The van der Waals surface area contributed by atoms with Crippen LogP contribution in [0.2, 0.25) is 0 Å². The molecule has 160 valence electrons. The summed E-state index contributed by atoms with van der Waals surface area (Å²) in [4.78, 5) is 11.7. The van der Waals surface area contributed by atoms with Gasteiger partial charge < -0.3 is 15.4 Å². The number of piperidine rings is 1. The second-order valence-electron chi connectivity index (χ2n) is 8.00. The first kappa shape index (κ1) is 22.1. The number of fused-ring (bicyclic) bond motifs is 1. The van der Waals surface area contributed by atoms with Gasteiger partial charge in [-0.15, -0.1) is 0 Å². The van der Waals surface area contributed by atoms with E-state index in [-0.39, 0.29) is 5.97 Å². The lowest BCUT2D eigenvalue weighted by Gasteiger charge is -2.32. The van der Waals surface area contributed by atoms with E-state index in [1.165, 1.54) is 41.2 Å². The third-order valence-corrected chi connectivity index (χ3v) is 5.87. The zero-order valence-corrected chi connectivity index (χ0v) is 18.2. The van der Waals surface area contributed by atoms with Crippen LogP contribution in [0.25, 0.3) is 5.57 Å². The SMILES string of the molecule is CCOC(=O)/C=C/C/C1=C/N/C=C\C=C/CC(C2CCNCC2)c2ccc(C)cc21. The number of carbonyl (C=O) groups is 1. The number of benzene rings is 1. The van der Waals surface area contributed by atoms with Gasteiger partial charge in [0.25, 0.3) is 0 Å². The monoisotopic (exact) mass is 406 g/mol. The van der Waals surface area contributed by atoms with E-state index in [0.717, 1.165) is 19.5 Å². The molecule has 0 spiro atoms. The number of nitrogens with one attached hydrogen (secondary N) is 2. The molecule has 0 aliphatic carbocycles. The van der Waals surface area contributed by atoms with Gasteiger partial charge in [-0.25, -0.2) is 4.79 Å². The van der Waals surface area contributed by atoms with Crippen molar-refractivity contribution in [2.24, 2.45) is 5.92 Å². The number of rotatable bonds is 5. The Kier molecular flexibility index (Phi) is 8.52. The number of hydrogen-bond acceptors (Lipinski definition) is 4. The lowest BCUT2D eigenvalue weighted by atomic mass is 9.75. The van der Waals surface area contributed by atoms with Gasteiger partial charge in [0.1, 0.15) is 0 Å². The number of aryl methyl sites for hydroxylation is 1. The molecule has 3 rings (SSSR count). The molecule has 30 heavy (non-hydrogen) atoms. The summed E-state index contributed by atoms with van der Waals surface area (Å²) in [6.45, 7) is 6.55. The largest absolute Gasteiger partial charge is 0.463 e. The average molecular weight is 407 g/mol. The standard InChI is InChI=1S/C26H34N2O2/c1-3-30-26(29)10-7-8-22-19-28-15-6-4-5-9-23(21-13-16-27-17-14-21)24-12-11-20(2)18-25(22)24/h4-7,10-12,15,18-19,21,23,27-28H,3,8-9,13-14,16-17H2,1-2H3/b5-4-,10-7+,15-6-,22-19-. The van der Waals surface area contributed by atoms with Crippen molar-refractivity contribution in [3.05, 3.63) is 77.7 Å². The van der Waals surface area contributed by atoms with E-state index >= 15 is 0 Å². The van der Waals surface area contributed by atoms with Gasteiger partial charge in [0.2, 0.25) is 0 Å². The van der Waals surface area contributed by atoms with Crippen molar-refractivity contribution in [1.82, 2.24) is 10.6 Å². The number of hydrogen-bond donors (Lipinski definition) is 2. The normalized spacial score (nSPS) is 24.1. The molecule has 2 aliphatic heterocycles. The van der Waals surface area contributed by atoms with E-state index in [0.29, 0.717) is 24.9 Å². The number of ether oxygens (including phenoxy) is 1. The molecule has 2 N–H and O–H groups in total. The van der Waals surface area contributed by atoms with Gasteiger partial charge in [-0.05, 0) is 87.2 Å². The van der Waals surface area contributed by atoms with Crippen LogP contribution in [0.1, 0.15) is 55.2 Å². The zero-order chi connectivity index (χ0) is 21.2. The highest BCUT2D eigenvalue weighted by molar-refractivity contribution is 5.82. The molecule has 2 heterocycles. The minimum Gasteiger partial charge on any atom is -0.463 e. The fraction of sp³-hybridized carbons (Fsp3) is 0.423. The number of allylic oxidation sites excluding steroid dienone is 5. The zero-order valence-electron chi connectivity index (χ0n) is 18.2. The maximum absolute atomic E-state index is 11.7. The van der Waals surface area contributed by atoms with Crippen LogP contribution < -0.4 is 10.6 Å². The summed E-state index contributed by atoms with van der Waals surface area (Å²) in [5.74, 6) is 0.873. The maximum Gasteiger partial charge on any atom is 0.330 e. The van der Waals surface area contributed by atoms with Crippen molar-refractivity contribution in [2.45, 2.75) is 45.4 Å². The lowest BCUT2D eigenvalue weighted by molar-refractivity contribution is -0.137. The molecular formula is C26H34N2O2. The Labute approximate surface area is 180 Å². The van der Waals surface area contributed by atoms with Crippen LogP contribution in [0.4, 0.5) is 0 Å². The van der Waals surface area contributed by atoms with Crippen molar-refractivity contribution in [2.75, 3.05) is 19.7 Å². The first-order valence-electron chi connectivity index (χ1n) is 11.1. The van der Waals surface area contributed by atoms with Crippen LogP contribution >= 0.6 is 0 Å². The quantitative estimate of drug-likeness (QED) is 0.534. The summed E-state index contributed by atoms with van der Waals surface area (Å²) < 4.78 is 5.03. The summed E-state index contributed by atoms with van der Waals surface area (Å²) >= 11 is 0. The van der Waals surface area contributed by atoms with Crippen molar-refractivity contribution >= 4 is 11.5 Å². The van der Waals surface area contributed by atoms with Gasteiger partial charge in [0.05, 0.1) is 6.61 Å². The molecule has 2 aliphatic rings. The second kappa shape index (κ2) is 11.6. The van der Waals surface area contributed by atoms with Crippen LogP contribution in [-0.4, -0.2) is 25.7 Å². The minimum atomic E-state index is -0.288. The second-order valence-corrected chi connectivity index (χ2v) is 8.00. The Bertz CT molecular complexity index is 829. The van der Waals surface area contributed by atoms with Crippen LogP contribution in [0.15, 0.2) is 61.0 Å². The Morgan fingerprint density at radius 1 is 1.23 bits per heavy atom. The molecule has 1 atom stereocenters. The van der Waals surface area contributed by atoms with Crippen molar-refractivity contribution < 1.29 is 9.53 Å². The molecule has 0 aromatic heterocycles. The van der Waals surface area contributed by atoms with Gasteiger partial charge in [-0.1, -0.05) is 42.0 Å². The van der Waals surface area contributed by atoms with E-state index < -0.39 is 0 Å². The average Bonchev–Trinajstić information content (AvgIpc) is 2.79. The van der Waals surface area contributed by atoms with Crippen LogP contribution in [0.5, 0.6) is 0 Å². The molecule has 0 radical (unpaired) electrons. The fourth-order valence-electron chi connectivity index (χ4n) is 4.37. The highest BCUT2D eigenvalue weighted by Crippen LogP contribution is 2.39. The van der Waals surface area contributed by atoms with E-state index in [9.17, 15) is 4.79 Å². The Balaban J connectivity index is 1.97. The molecule has 1 unspecified atom stereocenters. The molecule has 1 aromatic rings. The summed E-state index contributed by atoms with van der Waals surface area (Å²) in [5, 5.41) is 6.80. The van der Waals surface area contributed by atoms with Crippen LogP contribution in [-0.2, 0) is 9.53 Å². The van der Waals surface area contributed by atoms with Gasteiger partial charge in [-0.2, -0.15) is 0 Å². The first-order valence-corrected chi connectivity index (χ1v) is 11.1. The van der Waals surface area contributed by atoms with Gasteiger partial charge >= 0.3 is 5.97 Å². The molecule has 0 bridgehead atoms. The molecule has 1 aromatic carbocycles. The molecule has 4 heteroatoms. The Hall–Kier alpha value is -2.59. The van der Waals surface area contributed by atoms with Crippen molar-refractivity contribution in [3.63, 3.8) is 0 Å². The third kappa shape index (κ3) is 6.20. The Morgan fingerprint density at radius 2 is 2.07 bits per heavy atom. The van der Waals surface area contributed by atoms with Crippen molar-refractivity contribution in [1.29, 1.82) is 0 Å². The first-order chi connectivity index (χ1) is 14.7. The molecule has 1 saturated heterocycles. The summed E-state index contributed by atoms with van der Waals surface area (Å²) in [6, 6.07) is 6.84.